The molecular formula is C19H22N2O3. The molecule has 24 heavy (non-hydrogen) atoms. The lowest BCUT2D eigenvalue weighted by atomic mass is 10.1. The number of nitrogens with zero attached hydrogens (tertiary/aromatic N) is 2. The van der Waals surface area contributed by atoms with E-state index in [1.165, 1.54) is 11.1 Å². The van der Waals surface area contributed by atoms with Crippen LogP contribution in [0.25, 0.3) is 0 Å². The van der Waals surface area contributed by atoms with E-state index in [9.17, 15) is 4.79 Å². The quantitative estimate of drug-likeness (QED) is 0.870. The van der Waals surface area contributed by atoms with Crippen LogP contribution in [0.15, 0.2) is 41.0 Å². The van der Waals surface area contributed by atoms with Gasteiger partial charge in [0, 0.05) is 32.2 Å². The van der Waals surface area contributed by atoms with Gasteiger partial charge in [0.1, 0.15) is 5.75 Å². The first kappa shape index (κ1) is 15.3. The van der Waals surface area contributed by atoms with Gasteiger partial charge in [-0.3, -0.25) is 9.69 Å². The molecule has 0 bridgehead atoms. The largest absolute Gasteiger partial charge is 0.497 e. The maximum Gasteiger partial charge on any atom is 0.289 e. The van der Waals surface area contributed by atoms with E-state index >= 15 is 0 Å². The molecule has 4 rings (SSSR count). The van der Waals surface area contributed by atoms with Crippen molar-refractivity contribution in [2.24, 2.45) is 0 Å². The summed E-state index contributed by atoms with van der Waals surface area (Å²) in [4.78, 5) is 16.8. The highest BCUT2D eigenvalue weighted by Gasteiger charge is 2.32. The minimum Gasteiger partial charge on any atom is -0.497 e. The molecule has 2 aromatic rings. The smallest absolute Gasteiger partial charge is 0.289 e. The van der Waals surface area contributed by atoms with E-state index in [-0.39, 0.29) is 5.91 Å². The van der Waals surface area contributed by atoms with Crippen LogP contribution >= 0.6 is 0 Å². The number of carbonyl (C=O) groups is 1. The van der Waals surface area contributed by atoms with Crippen molar-refractivity contribution in [3.05, 3.63) is 53.5 Å². The molecule has 1 saturated heterocycles. The fraction of sp³-hybridized carbons (Fsp3) is 0.421. The Balaban J connectivity index is 1.43. The molecule has 0 spiro atoms. The zero-order chi connectivity index (χ0) is 16.5. The number of aryl methyl sites for hydroxylation is 1. The van der Waals surface area contributed by atoms with Crippen molar-refractivity contribution < 1.29 is 13.9 Å². The zero-order valence-electron chi connectivity index (χ0n) is 13.9. The van der Waals surface area contributed by atoms with E-state index in [0.717, 1.165) is 44.8 Å². The SMILES string of the molecule is COc1ccc2c(c1)C(N1CCN(C(=O)c3ccco3)CC1)CC2. The second-order valence-electron chi connectivity index (χ2n) is 6.42. The molecule has 1 atom stereocenters. The van der Waals surface area contributed by atoms with Crippen molar-refractivity contribution in [1.29, 1.82) is 0 Å². The lowest BCUT2D eigenvalue weighted by molar-refractivity contribution is 0.0539. The number of methoxy groups -OCH3 is 1. The Morgan fingerprint density at radius 2 is 2.04 bits per heavy atom. The van der Waals surface area contributed by atoms with Crippen LogP contribution in [0.3, 0.4) is 0 Å². The van der Waals surface area contributed by atoms with Gasteiger partial charge >= 0.3 is 0 Å². The van der Waals surface area contributed by atoms with Crippen LogP contribution in [-0.2, 0) is 6.42 Å². The van der Waals surface area contributed by atoms with Crippen LogP contribution in [-0.4, -0.2) is 49.0 Å². The van der Waals surface area contributed by atoms with Crippen LogP contribution in [0.5, 0.6) is 5.75 Å². The van der Waals surface area contributed by atoms with Crippen molar-refractivity contribution in [3.8, 4) is 5.75 Å². The molecule has 5 heteroatoms. The fourth-order valence-electron chi connectivity index (χ4n) is 3.86. The zero-order valence-corrected chi connectivity index (χ0v) is 13.9. The van der Waals surface area contributed by atoms with Gasteiger partial charge in [0.2, 0.25) is 0 Å². The first-order valence-corrected chi connectivity index (χ1v) is 8.50. The van der Waals surface area contributed by atoms with Gasteiger partial charge in [-0.25, -0.2) is 0 Å². The van der Waals surface area contributed by atoms with E-state index < -0.39 is 0 Å². The van der Waals surface area contributed by atoms with Crippen molar-refractivity contribution in [2.75, 3.05) is 33.3 Å². The molecular weight excluding hydrogens is 304 g/mol. The van der Waals surface area contributed by atoms with Gasteiger partial charge in [-0.15, -0.1) is 0 Å². The van der Waals surface area contributed by atoms with Gasteiger partial charge < -0.3 is 14.1 Å². The lowest BCUT2D eigenvalue weighted by Crippen LogP contribution is -2.49. The molecule has 126 valence electrons. The number of ether oxygens (including phenoxy) is 1. The maximum absolute atomic E-state index is 12.4. The van der Waals surface area contributed by atoms with E-state index in [4.69, 9.17) is 9.15 Å². The number of amides is 1. The molecule has 2 aliphatic rings. The van der Waals surface area contributed by atoms with Crippen molar-refractivity contribution in [2.45, 2.75) is 18.9 Å². The van der Waals surface area contributed by atoms with Crippen molar-refractivity contribution in [1.82, 2.24) is 9.80 Å². The van der Waals surface area contributed by atoms with Gasteiger partial charge in [0.15, 0.2) is 5.76 Å². The molecule has 1 unspecified atom stereocenters. The minimum absolute atomic E-state index is 0.00635. The number of benzene rings is 1. The average molecular weight is 326 g/mol. The first-order valence-electron chi connectivity index (χ1n) is 8.50. The number of rotatable bonds is 3. The summed E-state index contributed by atoms with van der Waals surface area (Å²) in [6.45, 7) is 3.28. The molecule has 1 aromatic carbocycles. The summed E-state index contributed by atoms with van der Waals surface area (Å²) in [5.74, 6) is 1.35. The summed E-state index contributed by atoms with van der Waals surface area (Å²) in [5.41, 5.74) is 2.81. The fourth-order valence-corrected chi connectivity index (χ4v) is 3.86. The molecule has 1 aliphatic heterocycles. The van der Waals surface area contributed by atoms with Crippen LogP contribution < -0.4 is 4.74 Å². The molecule has 1 amide bonds. The van der Waals surface area contributed by atoms with Gasteiger partial charge in [0.25, 0.3) is 5.91 Å². The van der Waals surface area contributed by atoms with Gasteiger partial charge in [-0.2, -0.15) is 0 Å². The third kappa shape index (κ3) is 2.69. The Morgan fingerprint density at radius 3 is 2.75 bits per heavy atom. The molecule has 0 saturated carbocycles. The second-order valence-corrected chi connectivity index (χ2v) is 6.42. The maximum atomic E-state index is 12.4. The Kier molecular flexibility index (Phi) is 4.02. The van der Waals surface area contributed by atoms with Crippen LogP contribution in [0, 0.1) is 0 Å². The third-order valence-corrected chi connectivity index (χ3v) is 5.17. The predicted molar refractivity (Wildman–Crippen MR) is 90.2 cm³/mol. The van der Waals surface area contributed by atoms with Gasteiger partial charge in [-0.05, 0) is 48.2 Å². The standard InChI is InChI=1S/C19H22N2O3/c1-23-15-6-4-14-5-7-17(16(14)13-15)20-8-10-21(11-9-20)19(22)18-3-2-12-24-18/h2-4,6,12-13,17H,5,7-11H2,1H3. The van der Waals surface area contributed by atoms with E-state index in [0.29, 0.717) is 11.8 Å². The second kappa shape index (κ2) is 6.32. The Morgan fingerprint density at radius 1 is 1.21 bits per heavy atom. The van der Waals surface area contributed by atoms with Gasteiger partial charge in [0.05, 0.1) is 13.4 Å². The summed E-state index contributed by atoms with van der Waals surface area (Å²) in [6, 6.07) is 10.3. The highest BCUT2D eigenvalue weighted by molar-refractivity contribution is 5.91. The molecule has 1 aliphatic carbocycles. The summed E-state index contributed by atoms with van der Waals surface area (Å²) in [6.07, 6.45) is 3.82. The van der Waals surface area contributed by atoms with E-state index in [1.807, 2.05) is 11.0 Å². The lowest BCUT2D eigenvalue weighted by Gasteiger charge is -2.38. The number of hydrogen-bond donors (Lipinski definition) is 0. The monoisotopic (exact) mass is 326 g/mol. The molecule has 1 fully saturated rings. The number of carbonyl (C=O) groups excluding carboxylic acids is 1. The summed E-state index contributed by atoms with van der Waals surface area (Å²) < 4.78 is 10.6. The van der Waals surface area contributed by atoms with Crippen LogP contribution in [0.4, 0.5) is 0 Å². The Labute approximate surface area is 141 Å². The number of piperazine rings is 1. The number of hydrogen-bond acceptors (Lipinski definition) is 4. The molecule has 1 aromatic heterocycles. The molecule has 2 heterocycles. The summed E-state index contributed by atoms with van der Waals surface area (Å²) in [7, 11) is 1.71. The van der Waals surface area contributed by atoms with Crippen LogP contribution in [0.1, 0.15) is 34.1 Å². The average Bonchev–Trinajstić information content (AvgIpc) is 3.30. The minimum atomic E-state index is -0.00635. The number of furan rings is 1. The van der Waals surface area contributed by atoms with Crippen molar-refractivity contribution >= 4 is 5.91 Å². The van der Waals surface area contributed by atoms with Gasteiger partial charge in [-0.1, -0.05) is 6.07 Å². The Hall–Kier alpha value is -2.27. The summed E-state index contributed by atoms with van der Waals surface area (Å²) in [5, 5.41) is 0. The summed E-state index contributed by atoms with van der Waals surface area (Å²) >= 11 is 0. The molecule has 0 radical (unpaired) electrons. The van der Waals surface area contributed by atoms with E-state index in [1.54, 1.807) is 25.5 Å². The van der Waals surface area contributed by atoms with E-state index in [2.05, 4.69) is 17.0 Å². The van der Waals surface area contributed by atoms with Crippen molar-refractivity contribution in [3.63, 3.8) is 0 Å². The third-order valence-electron chi connectivity index (χ3n) is 5.17. The highest BCUT2D eigenvalue weighted by atomic mass is 16.5. The predicted octanol–water partition coefficient (Wildman–Crippen LogP) is 2.73. The van der Waals surface area contributed by atoms with Crippen LogP contribution in [0.2, 0.25) is 0 Å². The highest BCUT2D eigenvalue weighted by Crippen LogP contribution is 2.38. The molecule has 5 nitrogen and oxygen atoms in total. The normalized spacial score (nSPS) is 20.9. The number of fused-ring (bicyclic) bond motifs is 1. The molecule has 0 N–H and O–H groups in total. The topological polar surface area (TPSA) is 45.9 Å². The first-order chi connectivity index (χ1) is 11.8. The Bertz CT molecular complexity index is 718.